The molecule has 1 heterocycles. The van der Waals surface area contributed by atoms with Crippen LogP contribution >= 0.6 is 24.6 Å². The normalized spacial score (nSPS) is 18.7. The molecule has 1 aliphatic heterocycles. The van der Waals surface area contributed by atoms with Crippen molar-refractivity contribution in [1.82, 2.24) is 9.21 Å². The first kappa shape index (κ1) is 36.4. The summed E-state index contributed by atoms with van der Waals surface area (Å²) in [5.74, 6) is 3.23. The molecular formula is C40H38N3O7P3. The van der Waals surface area contributed by atoms with Gasteiger partial charge in [-0.2, -0.15) is 0 Å². The molecule has 270 valence electrons. The van der Waals surface area contributed by atoms with Crippen LogP contribution in [-0.4, -0.2) is 20.9 Å². The van der Waals surface area contributed by atoms with Crippen molar-refractivity contribution < 1.29 is 32.9 Å². The Balaban J connectivity index is 1.47. The van der Waals surface area contributed by atoms with E-state index in [0.29, 0.717) is 47.3 Å². The van der Waals surface area contributed by atoms with Crippen LogP contribution in [0.4, 0.5) is 0 Å². The second kappa shape index (κ2) is 18.2. The molecule has 0 aliphatic carbocycles. The molecule has 0 fully saturated rings. The van der Waals surface area contributed by atoms with Crippen molar-refractivity contribution in [3.8, 4) is 34.5 Å². The Kier molecular flexibility index (Phi) is 12.5. The van der Waals surface area contributed by atoms with E-state index in [1.165, 1.54) is 0 Å². The van der Waals surface area contributed by atoms with Crippen molar-refractivity contribution in [1.29, 1.82) is 0 Å². The van der Waals surface area contributed by atoms with Crippen molar-refractivity contribution >= 4 is 24.6 Å². The van der Waals surface area contributed by atoms with Crippen molar-refractivity contribution in [3.63, 3.8) is 0 Å². The van der Waals surface area contributed by atoms with E-state index in [1.54, 1.807) is 9.21 Å². The van der Waals surface area contributed by atoms with Gasteiger partial charge < -0.3 is 32.9 Å². The van der Waals surface area contributed by atoms with Crippen molar-refractivity contribution in [2.75, 3.05) is 6.61 Å². The summed E-state index contributed by atoms with van der Waals surface area (Å²) < 4.78 is 36.4. The number of para-hydroxylation sites is 6. The molecule has 3 atom stereocenters. The quantitative estimate of drug-likeness (QED) is 0.0763. The van der Waals surface area contributed by atoms with E-state index in [-0.39, 0.29) is 6.61 Å². The van der Waals surface area contributed by atoms with Gasteiger partial charge in [0, 0.05) is 15.8 Å². The largest absolute Gasteiger partial charge is 0.447 e. The predicted molar refractivity (Wildman–Crippen MR) is 209 cm³/mol. The number of hydrogen-bond donors (Lipinski definition) is 1. The van der Waals surface area contributed by atoms with Gasteiger partial charge >= 0.3 is 24.6 Å². The molecule has 0 saturated heterocycles. The SMILES string of the molecule is OCCCCc1ccccc1OP1(Oc2ccccc2)=NP(Oc2ccccc2)N(Oc2ccccc2)P(Oc2ccccc2)N1Oc1ccccc1. The Labute approximate surface area is 312 Å². The minimum Gasteiger partial charge on any atom is -0.440 e. The highest BCUT2D eigenvalue weighted by atomic mass is 31.3. The number of aryl methyl sites for hydroxylation is 1. The predicted octanol–water partition coefficient (Wildman–Crippen LogP) is 11.6. The van der Waals surface area contributed by atoms with Gasteiger partial charge in [-0.1, -0.05) is 109 Å². The first-order chi connectivity index (χ1) is 26.2. The Bertz CT molecular complexity index is 2050. The second-order valence-corrected chi connectivity index (χ2v) is 17.0. The van der Waals surface area contributed by atoms with Gasteiger partial charge in [-0.3, -0.25) is 0 Å². The molecule has 0 bridgehead atoms. The van der Waals surface area contributed by atoms with Crippen molar-refractivity contribution in [3.05, 3.63) is 181 Å². The molecule has 1 N–H and O–H groups in total. The van der Waals surface area contributed by atoms with Gasteiger partial charge in [0.2, 0.25) is 0 Å². The maximum absolute atomic E-state index is 9.56. The van der Waals surface area contributed by atoms with Crippen LogP contribution in [0, 0.1) is 0 Å². The molecule has 10 nitrogen and oxygen atoms in total. The molecule has 0 aromatic heterocycles. The van der Waals surface area contributed by atoms with Crippen molar-refractivity contribution in [2.45, 2.75) is 19.3 Å². The van der Waals surface area contributed by atoms with Crippen molar-refractivity contribution in [2.24, 2.45) is 4.52 Å². The zero-order chi connectivity index (χ0) is 36.1. The second-order valence-electron chi connectivity index (χ2n) is 11.5. The summed E-state index contributed by atoms with van der Waals surface area (Å²) in [6.45, 7) is 0.102. The average Bonchev–Trinajstić information content (AvgIpc) is 3.20. The molecule has 53 heavy (non-hydrogen) atoms. The van der Waals surface area contributed by atoms with Crippen LogP contribution in [-0.2, 0) is 6.42 Å². The van der Waals surface area contributed by atoms with Crippen LogP contribution in [0.15, 0.2) is 180 Å². The Hall–Kier alpha value is -4.91. The summed E-state index contributed by atoms with van der Waals surface area (Å²) in [5.41, 5.74) is 0.927. The number of aliphatic hydroxyl groups excluding tert-OH is 1. The lowest BCUT2D eigenvalue weighted by molar-refractivity contribution is 0.0545. The Morgan fingerprint density at radius 2 is 1.00 bits per heavy atom. The molecule has 0 saturated carbocycles. The maximum Gasteiger partial charge on any atom is 0.447 e. The molecule has 0 amide bonds. The van der Waals surface area contributed by atoms with Crippen LogP contribution in [0.5, 0.6) is 34.5 Å². The van der Waals surface area contributed by atoms with Gasteiger partial charge in [0.1, 0.15) is 34.5 Å². The molecule has 1 aliphatic rings. The molecule has 6 aromatic rings. The van der Waals surface area contributed by atoms with Crippen LogP contribution < -0.4 is 27.8 Å². The highest BCUT2D eigenvalue weighted by molar-refractivity contribution is 7.78. The molecule has 7 rings (SSSR count). The highest BCUT2D eigenvalue weighted by Crippen LogP contribution is 2.77. The fraction of sp³-hybridized carbons (Fsp3) is 0.100. The first-order valence-electron chi connectivity index (χ1n) is 17.1. The van der Waals surface area contributed by atoms with E-state index in [2.05, 4.69) is 0 Å². The number of benzene rings is 6. The van der Waals surface area contributed by atoms with E-state index in [9.17, 15) is 5.11 Å². The Morgan fingerprint density at radius 3 is 1.58 bits per heavy atom. The van der Waals surface area contributed by atoms with E-state index in [0.717, 1.165) is 12.0 Å². The smallest absolute Gasteiger partial charge is 0.440 e. The standard InChI is InChI=1S/C40H38N3O7P3/c44-33-19-18-21-34-20-16-17-32-40(34)50-53(49-39-30-14-5-15-31-39)41-51(47-37-26-10-3-11-27-37)42(45-35-22-6-1-7-23-35)52(48-38-28-12-4-13-29-38)43(53)46-36-24-8-2-9-25-36/h1-17,20,22-32,44H,18-19,21,33H2. The zero-order valence-corrected chi connectivity index (χ0v) is 31.3. The summed E-state index contributed by atoms with van der Waals surface area (Å²) in [4.78, 5) is 13.5. The Morgan fingerprint density at radius 1 is 0.509 bits per heavy atom. The lowest BCUT2D eigenvalue weighted by atomic mass is 10.1. The molecule has 6 aromatic carbocycles. The maximum atomic E-state index is 9.56. The molecule has 3 unspecified atom stereocenters. The summed E-state index contributed by atoms with van der Waals surface area (Å²) in [6.07, 6.45) is 2.08. The minimum absolute atomic E-state index is 0.102. The monoisotopic (exact) mass is 765 g/mol. The number of nitrogens with zero attached hydrogens (tertiary/aromatic N) is 3. The third-order valence-corrected chi connectivity index (χ3v) is 14.4. The van der Waals surface area contributed by atoms with E-state index < -0.39 is 24.6 Å². The van der Waals surface area contributed by atoms with Crippen LogP contribution in [0.1, 0.15) is 18.4 Å². The third kappa shape index (κ3) is 9.56. The summed E-state index contributed by atoms with van der Waals surface area (Å²) in [5, 5.41) is 9.56. The summed E-state index contributed by atoms with van der Waals surface area (Å²) in [6, 6.07) is 54.8. The van der Waals surface area contributed by atoms with E-state index >= 15 is 0 Å². The average molecular weight is 766 g/mol. The number of aliphatic hydroxyl groups is 1. The zero-order valence-electron chi connectivity index (χ0n) is 28.7. The number of hydrogen-bond acceptors (Lipinski definition) is 10. The van der Waals surface area contributed by atoms with Gasteiger partial charge in [-0.05, 0) is 91.6 Å². The number of unbranched alkanes of at least 4 members (excludes halogenated alkanes) is 1. The van der Waals surface area contributed by atoms with Crippen LogP contribution in [0.25, 0.3) is 0 Å². The van der Waals surface area contributed by atoms with E-state index in [4.69, 9.17) is 32.3 Å². The molecule has 0 spiro atoms. The van der Waals surface area contributed by atoms with Gasteiger partial charge in [0.05, 0.1) is 0 Å². The third-order valence-electron chi connectivity index (χ3n) is 7.58. The van der Waals surface area contributed by atoms with E-state index in [1.807, 2.05) is 176 Å². The fourth-order valence-electron chi connectivity index (χ4n) is 5.07. The van der Waals surface area contributed by atoms with Gasteiger partial charge in [-0.15, -0.1) is 4.52 Å². The topological polar surface area (TPSA) is 94.5 Å². The highest BCUT2D eigenvalue weighted by Gasteiger charge is 2.58. The minimum atomic E-state index is -3.83. The van der Waals surface area contributed by atoms with Gasteiger partial charge in [0.15, 0.2) is 0 Å². The summed E-state index contributed by atoms with van der Waals surface area (Å²) in [7, 11) is -8.08. The molecular weight excluding hydrogens is 727 g/mol. The van der Waals surface area contributed by atoms with Crippen LogP contribution in [0.2, 0.25) is 0 Å². The molecule has 13 heteroatoms. The summed E-state index contributed by atoms with van der Waals surface area (Å²) >= 11 is 0. The van der Waals surface area contributed by atoms with Gasteiger partial charge in [-0.25, -0.2) is 0 Å². The lowest BCUT2D eigenvalue weighted by Gasteiger charge is -2.43. The van der Waals surface area contributed by atoms with Crippen LogP contribution in [0.3, 0.4) is 0 Å². The molecule has 0 radical (unpaired) electrons. The van der Waals surface area contributed by atoms with Gasteiger partial charge in [0.25, 0.3) is 0 Å². The fourth-order valence-corrected chi connectivity index (χ4v) is 12.6. The first-order valence-corrected chi connectivity index (χ1v) is 20.9. The lowest BCUT2D eigenvalue weighted by Crippen LogP contribution is -2.37. The number of rotatable bonds is 16.